The Bertz CT molecular complexity index is 612. The van der Waals surface area contributed by atoms with Crippen molar-refractivity contribution in [3.63, 3.8) is 0 Å². The number of nitrogens with one attached hydrogen (secondary N) is 3. The number of carbonyl (C=O) groups is 3. The highest BCUT2D eigenvalue weighted by atomic mass is 16.2. The van der Waals surface area contributed by atoms with E-state index in [-0.39, 0.29) is 12.5 Å². The minimum atomic E-state index is -0.607. The Labute approximate surface area is 154 Å². The number of amides is 4. The molecule has 1 aromatic carbocycles. The van der Waals surface area contributed by atoms with E-state index in [1.54, 1.807) is 6.92 Å². The van der Waals surface area contributed by atoms with Crippen LogP contribution in [0, 0.1) is 5.92 Å². The Morgan fingerprint density at radius 1 is 1.15 bits per heavy atom. The smallest absolute Gasteiger partial charge is 0.321 e. The van der Waals surface area contributed by atoms with Crippen LogP contribution in [0.3, 0.4) is 0 Å². The Hall–Kier alpha value is -2.41. The number of rotatable bonds is 6. The van der Waals surface area contributed by atoms with Crippen molar-refractivity contribution in [2.24, 2.45) is 5.92 Å². The van der Waals surface area contributed by atoms with Gasteiger partial charge in [-0.2, -0.15) is 0 Å². The predicted octanol–water partition coefficient (Wildman–Crippen LogP) is 1.42. The van der Waals surface area contributed by atoms with Crippen LogP contribution in [-0.4, -0.2) is 48.9 Å². The molecule has 0 aromatic heterocycles. The molecule has 7 heteroatoms. The molecule has 0 radical (unpaired) electrons. The maximum Gasteiger partial charge on any atom is 0.321 e. The summed E-state index contributed by atoms with van der Waals surface area (Å²) in [6.07, 6.45) is 1.98. The third kappa shape index (κ3) is 5.84. The maximum atomic E-state index is 13.0. The molecule has 0 saturated carbocycles. The van der Waals surface area contributed by atoms with Gasteiger partial charge in [-0.3, -0.25) is 20.2 Å². The molecule has 1 aliphatic heterocycles. The van der Waals surface area contributed by atoms with Gasteiger partial charge in [-0.25, -0.2) is 4.79 Å². The summed E-state index contributed by atoms with van der Waals surface area (Å²) in [4.78, 5) is 38.2. The van der Waals surface area contributed by atoms with Crippen LogP contribution in [-0.2, 0) is 9.59 Å². The number of piperidine rings is 1. The van der Waals surface area contributed by atoms with Gasteiger partial charge < -0.3 is 10.2 Å². The lowest BCUT2D eigenvalue weighted by molar-refractivity contribution is -0.135. The molecule has 0 unspecified atom stereocenters. The Balaban J connectivity index is 2.01. The number of imide groups is 1. The van der Waals surface area contributed by atoms with Crippen LogP contribution in [0.1, 0.15) is 38.3 Å². The summed E-state index contributed by atoms with van der Waals surface area (Å²) in [5.41, 5.74) is 0.807. The average Bonchev–Trinajstić information content (AvgIpc) is 2.63. The summed E-state index contributed by atoms with van der Waals surface area (Å²) in [5.74, 6) is 0.121. The Kier molecular flexibility index (Phi) is 7.59. The van der Waals surface area contributed by atoms with Gasteiger partial charge in [0.2, 0.25) is 11.8 Å². The minimum Gasteiger partial charge on any atom is -0.341 e. The van der Waals surface area contributed by atoms with Gasteiger partial charge in [-0.15, -0.1) is 0 Å². The molecule has 1 aromatic rings. The van der Waals surface area contributed by atoms with Gasteiger partial charge >= 0.3 is 6.03 Å². The van der Waals surface area contributed by atoms with Crippen molar-refractivity contribution in [3.8, 4) is 0 Å². The van der Waals surface area contributed by atoms with Crippen molar-refractivity contribution >= 4 is 17.8 Å². The molecule has 2 rings (SSSR count). The van der Waals surface area contributed by atoms with E-state index in [4.69, 9.17) is 0 Å². The maximum absolute atomic E-state index is 13.0. The molecule has 0 bridgehead atoms. The van der Waals surface area contributed by atoms with Gasteiger partial charge in [-0.05, 0) is 31.2 Å². The summed E-state index contributed by atoms with van der Waals surface area (Å²) in [7, 11) is 0. The molecule has 1 saturated heterocycles. The molecule has 142 valence electrons. The second kappa shape index (κ2) is 9.91. The van der Waals surface area contributed by atoms with Gasteiger partial charge in [0, 0.05) is 19.6 Å². The lowest BCUT2D eigenvalue weighted by Crippen LogP contribution is -2.48. The molecule has 0 spiro atoms. The average molecular weight is 360 g/mol. The van der Waals surface area contributed by atoms with Gasteiger partial charge in [0.25, 0.3) is 0 Å². The first-order valence-corrected chi connectivity index (χ1v) is 9.16. The molecule has 0 aliphatic carbocycles. The zero-order valence-electron chi connectivity index (χ0n) is 15.5. The van der Waals surface area contributed by atoms with E-state index in [1.165, 1.54) is 0 Å². The standard InChI is InChI=1S/C19H28N4O3/c1-3-20-19(26)22-16(24)13-21-17(15-7-5-4-6-8-15)18(25)23-11-9-14(2)10-12-23/h4-8,14,17,21H,3,9-13H2,1-2H3,(H2,20,22,24,26)/t17-/m0/s1. The third-order valence-electron chi connectivity index (χ3n) is 4.53. The van der Waals surface area contributed by atoms with Crippen molar-refractivity contribution in [2.75, 3.05) is 26.2 Å². The van der Waals surface area contributed by atoms with E-state index in [1.807, 2.05) is 35.2 Å². The molecule has 1 fully saturated rings. The van der Waals surface area contributed by atoms with Gasteiger partial charge in [0.05, 0.1) is 6.54 Å². The second-order valence-corrected chi connectivity index (χ2v) is 6.64. The topological polar surface area (TPSA) is 90.5 Å². The largest absolute Gasteiger partial charge is 0.341 e. The predicted molar refractivity (Wildman–Crippen MR) is 99.4 cm³/mol. The lowest BCUT2D eigenvalue weighted by atomic mass is 9.97. The van der Waals surface area contributed by atoms with Crippen LogP contribution in [0.25, 0.3) is 0 Å². The van der Waals surface area contributed by atoms with Crippen LogP contribution in [0.4, 0.5) is 4.79 Å². The zero-order valence-corrected chi connectivity index (χ0v) is 15.5. The van der Waals surface area contributed by atoms with Crippen LogP contribution in [0.15, 0.2) is 30.3 Å². The highest BCUT2D eigenvalue weighted by Crippen LogP contribution is 2.21. The highest BCUT2D eigenvalue weighted by Gasteiger charge is 2.28. The zero-order chi connectivity index (χ0) is 18.9. The molecule has 3 N–H and O–H groups in total. The number of urea groups is 1. The summed E-state index contributed by atoms with van der Waals surface area (Å²) in [6, 6.07) is 8.20. The fraction of sp³-hybridized carbons (Fsp3) is 0.526. The van der Waals surface area contributed by atoms with E-state index in [9.17, 15) is 14.4 Å². The molecular weight excluding hydrogens is 332 g/mol. The summed E-state index contributed by atoms with van der Waals surface area (Å²) in [5, 5.41) is 7.74. The quantitative estimate of drug-likeness (QED) is 0.716. The molecule has 7 nitrogen and oxygen atoms in total. The fourth-order valence-electron chi connectivity index (χ4n) is 2.98. The first-order valence-electron chi connectivity index (χ1n) is 9.16. The summed E-state index contributed by atoms with van der Waals surface area (Å²) >= 11 is 0. The van der Waals surface area contributed by atoms with Crippen LogP contribution >= 0.6 is 0 Å². The van der Waals surface area contributed by atoms with E-state index in [2.05, 4.69) is 22.9 Å². The number of hydrogen-bond donors (Lipinski definition) is 3. The van der Waals surface area contributed by atoms with Crippen LogP contribution in [0.2, 0.25) is 0 Å². The number of hydrogen-bond acceptors (Lipinski definition) is 4. The normalized spacial score (nSPS) is 16.0. The summed E-state index contributed by atoms with van der Waals surface area (Å²) < 4.78 is 0. The van der Waals surface area contributed by atoms with Gasteiger partial charge in [0.15, 0.2) is 0 Å². The van der Waals surface area contributed by atoms with E-state index < -0.39 is 18.0 Å². The molecule has 1 heterocycles. The van der Waals surface area contributed by atoms with E-state index in [0.29, 0.717) is 12.5 Å². The third-order valence-corrected chi connectivity index (χ3v) is 4.53. The van der Waals surface area contributed by atoms with Crippen molar-refractivity contribution in [1.29, 1.82) is 0 Å². The second-order valence-electron chi connectivity index (χ2n) is 6.64. The van der Waals surface area contributed by atoms with Crippen molar-refractivity contribution in [2.45, 2.75) is 32.7 Å². The fourth-order valence-corrected chi connectivity index (χ4v) is 2.98. The Morgan fingerprint density at radius 2 is 1.81 bits per heavy atom. The summed E-state index contributed by atoms with van der Waals surface area (Å²) in [6.45, 7) is 5.75. The van der Waals surface area contributed by atoms with Gasteiger partial charge in [-0.1, -0.05) is 37.3 Å². The molecule has 4 amide bonds. The number of benzene rings is 1. The first-order chi connectivity index (χ1) is 12.5. The minimum absolute atomic E-state index is 0.0334. The molecule has 26 heavy (non-hydrogen) atoms. The van der Waals surface area contributed by atoms with Crippen molar-refractivity contribution in [1.82, 2.24) is 20.9 Å². The van der Waals surface area contributed by atoms with E-state index in [0.717, 1.165) is 31.5 Å². The van der Waals surface area contributed by atoms with Crippen molar-refractivity contribution in [3.05, 3.63) is 35.9 Å². The van der Waals surface area contributed by atoms with Crippen LogP contribution in [0.5, 0.6) is 0 Å². The molecular formula is C19H28N4O3. The number of likely N-dealkylation sites (tertiary alicyclic amines) is 1. The van der Waals surface area contributed by atoms with Crippen molar-refractivity contribution < 1.29 is 14.4 Å². The lowest BCUT2D eigenvalue weighted by Gasteiger charge is -2.33. The number of carbonyl (C=O) groups excluding carboxylic acids is 3. The first kappa shape index (κ1) is 19.9. The van der Waals surface area contributed by atoms with Gasteiger partial charge in [0.1, 0.15) is 6.04 Å². The van der Waals surface area contributed by atoms with E-state index >= 15 is 0 Å². The SMILES string of the molecule is CCNC(=O)NC(=O)CN[C@H](C(=O)N1CCC(C)CC1)c1ccccc1. The molecule has 1 atom stereocenters. The Morgan fingerprint density at radius 3 is 2.42 bits per heavy atom. The highest BCUT2D eigenvalue weighted by molar-refractivity contribution is 5.95. The van der Waals surface area contributed by atoms with Crippen LogP contribution < -0.4 is 16.0 Å². The number of nitrogens with zero attached hydrogens (tertiary/aromatic N) is 1. The monoisotopic (exact) mass is 360 g/mol. The molecule has 1 aliphatic rings.